The maximum Gasteiger partial charge on any atom is 0.0499 e. The first kappa shape index (κ1) is 11.0. The average Bonchev–Trinajstić information content (AvgIpc) is 2.81. The third-order valence-corrected chi connectivity index (χ3v) is 3.31. The van der Waals surface area contributed by atoms with Crippen LogP contribution in [0.25, 0.3) is 0 Å². The molecule has 1 aliphatic carbocycles. The van der Waals surface area contributed by atoms with E-state index in [4.69, 9.17) is 4.74 Å². The molecule has 0 amide bonds. The van der Waals surface area contributed by atoms with Crippen molar-refractivity contribution < 1.29 is 4.74 Å². The molecule has 13 heavy (non-hydrogen) atoms. The summed E-state index contributed by atoms with van der Waals surface area (Å²) in [6.07, 6.45) is 2.78. The van der Waals surface area contributed by atoms with Crippen LogP contribution in [-0.2, 0) is 4.74 Å². The minimum atomic E-state index is 0.590. The summed E-state index contributed by atoms with van der Waals surface area (Å²) in [5.41, 5.74) is 0.590. The second-order valence-corrected chi connectivity index (χ2v) is 4.84. The highest BCUT2D eigenvalue weighted by molar-refractivity contribution is 4.96. The number of ether oxygens (including phenoxy) is 1. The van der Waals surface area contributed by atoms with Crippen molar-refractivity contribution in [3.63, 3.8) is 0 Å². The largest absolute Gasteiger partial charge is 0.384 e. The molecule has 0 aromatic heterocycles. The molecule has 2 atom stereocenters. The predicted octanol–water partition coefficient (Wildman–Crippen LogP) is 2.05. The molecule has 0 aliphatic heterocycles. The van der Waals surface area contributed by atoms with Gasteiger partial charge < -0.3 is 10.1 Å². The van der Waals surface area contributed by atoms with E-state index in [-0.39, 0.29) is 0 Å². The van der Waals surface area contributed by atoms with Crippen LogP contribution in [0, 0.1) is 11.3 Å². The van der Waals surface area contributed by atoms with Crippen molar-refractivity contribution in [3.8, 4) is 0 Å². The van der Waals surface area contributed by atoms with Crippen molar-refractivity contribution >= 4 is 0 Å². The highest BCUT2D eigenvalue weighted by Crippen LogP contribution is 2.47. The fourth-order valence-corrected chi connectivity index (χ4v) is 1.60. The second-order valence-electron chi connectivity index (χ2n) is 4.84. The lowest BCUT2D eigenvalue weighted by Crippen LogP contribution is -2.37. The van der Waals surface area contributed by atoms with Gasteiger partial charge >= 0.3 is 0 Å². The van der Waals surface area contributed by atoms with Crippen molar-refractivity contribution in [1.82, 2.24) is 5.32 Å². The first-order valence-corrected chi connectivity index (χ1v) is 5.31. The zero-order valence-corrected chi connectivity index (χ0v) is 9.39. The van der Waals surface area contributed by atoms with E-state index < -0.39 is 0 Å². The van der Waals surface area contributed by atoms with E-state index in [1.807, 2.05) is 0 Å². The molecule has 0 aromatic carbocycles. The number of nitrogens with one attached hydrogen (secondary N) is 1. The Kier molecular flexibility index (Phi) is 3.74. The third-order valence-electron chi connectivity index (χ3n) is 3.31. The van der Waals surface area contributed by atoms with Crippen LogP contribution < -0.4 is 5.32 Å². The first-order chi connectivity index (χ1) is 6.08. The molecule has 0 aromatic rings. The lowest BCUT2D eigenvalue weighted by molar-refractivity contribution is 0.155. The molecule has 78 valence electrons. The lowest BCUT2D eigenvalue weighted by atomic mass is 10.0. The number of rotatable bonds is 6. The minimum absolute atomic E-state index is 0.590. The van der Waals surface area contributed by atoms with Gasteiger partial charge in [-0.1, -0.05) is 13.8 Å². The number of hydrogen-bond acceptors (Lipinski definition) is 2. The fraction of sp³-hybridized carbons (Fsp3) is 1.00. The van der Waals surface area contributed by atoms with E-state index in [0.717, 1.165) is 13.2 Å². The maximum atomic E-state index is 5.10. The Morgan fingerprint density at radius 2 is 2.00 bits per heavy atom. The summed E-state index contributed by atoms with van der Waals surface area (Å²) in [5.74, 6) is 0.620. The van der Waals surface area contributed by atoms with E-state index >= 15 is 0 Å². The molecule has 1 rings (SSSR count). The van der Waals surface area contributed by atoms with Crippen LogP contribution in [0.2, 0.25) is 0 Å². The van der Waals surface area contributed by atoms with Crippen LogP contribution in [0.15, 0.2) is 0 Å². The van der Waals surface area contributed by atoms with E-state index in [2.05, 4.69) is 26.1 Å². The molecule has 0 heterocycles. The standard InChI is InChI=1S/C11H23NO/c1-9(8-13-4)7-12-10(2)11(3)5-6-11/h9-10,12H,5-8H2,1-4H3. The van der Waals surface area contributed by atoms with Gasteiger partial charge in [0.05, 0.1) is 0 Å². The van der Waals surface area contributed by atoms with Crippen LogP contribution in [0.4, 0.5) is 0 Å². The summed E-state index contributed by atoms with van der Waals surface area (Å²) >= 11 is 0. The molecule has 1 N–H and O–H groups in total. The molecular weight excluding hydrogens is 162 g/mol. The molecular formula is C11H23NO. The molecule has 2 heteroatoms. The fourth-order valence-electron chi connectivity index (χ4n) is 1.60. The Bertz CT molecular complexity index is 154. The summed E-state index contributed by atoms with van der Waals surface area (Å²) in [4.78, 5) is 0. The molecule has 1 fully saturated rings. The topological polar surface area (TPSA) is 21.3 Å². The van der Waals surface area contributed by atoms with Crippen molar-refractivity contribution in [1.29, 1.82) is 0 Å². The SMILES string of the molecule is COCC(C)CNC(C)C1(C)CC1. The van der Waals surface area contributed by atoms with Gasteiger partial charge in [0, 0.05) is 26.3 Å². The van der Waals surface area contributed by atoms with E-state index in [0.29, 0.717) is 17.4 Å². The molecule has 0 bridgehead atoms. The van der Waals surface area contributed by atoms with Crippen molar-refractivity contribution in [2.75, 3.05) is 20.3 Å². The summed E-state index contributed by atoms with van der Waals surface area (Å²) in [6, 6.07) is 0.659. The van der Waals surface area contributed by atoms with Crippen LogP contribution in [0.5, 0.6) is 0 Å². The molecule has 2 unspecified atom stereocenters. The van der Waals surface area contributed by atoms with Gasteiger partial charge in [-0.25, -0.2) is 0 Å². The zero-order valence-electron chi connectivity index (χ0n) is 9.39. The lowest BCUT2D eigenvalue weighted by Gasteiger charge is -2.22. The molecule has 0 spiro atoms. The van der Waals surface area contributed by atoms with Crippen LogP contribution in [-0.4, -0.2) is 26.3 Å². The highest BCUT2D eigenvalue weighted by Gasteiger charge is 2.42. The summed E-state index contributed by atoms with van der Waals surface area (Å²) in [7, 11) is 1.77. The Hall–Kier alpha value is -0.0800. The zero-order chi connectivity index (χ0) is 9.90. The molecule has 0 saturated heterocycles. The Balaban J connectivity index is 2.11. The van der Waals surface area contributed by atoms with Gasteiger partial charge in [0.15, 0.2) is 0 Å². The maximum absolute atomic E-state index is 5.10. The quantitative estimate of drug-likeness (QED) is 0.684. The summed E-state index contributed by atoms with van der Waals surface area (Å²) in [6.45, 7) is 8.82. The van der Waals surface area contributed by atoms with Gasteiger partial charge in [-0.3, -0.25) is 0 Å². The van der Waals surface area contributed by atoms with Gasteiger partial charge in [-0.05, 0) is 31.1 Å². The third kappa shape index (κ3) is 3.28. The second kappa shape index (κ2) is 4.43. The van der Waals surface area contributed by atoms with Crippen LogP contribution in [0.1, 0.15) is 33.6 Å². The number of methoxy groups -OCH3 is 1. The Morgan fingerprint density at radius 3 is 2.46 bits per heavy atom. The molecule has 2 nitrogen and oxygen atoms in total. The van der Waals surface area contributed by atoms with Crippen molar-refractivity contribution in [2.24, 2.45) is 11.3 Å². The van der Waals surface area contributed by atoms with E-state index in [1.165, 1.54) is 12.8 Å². The van der Waals surface area contributed by atoms with E-state index in [1.54, 1.807) is 7.11 Å². The predicted molar refractivity (Wildman–Crippen MR) is 55.8 cm³/mol. The van der Waals surface area contributed by atoms with Crippen molar-refractivity contribution in [3.05, 3.63) is 0 Å². The Labute approximate surface area is 82.0 Å². The first-order valence-electron chi connectivity index (χ1n) is 5.31. The monoisotopic (exact) mass is 185 g/mol. The molecule has 1 aliphatic rings. The molecule has 0 radical (unpaired) electrons. The normalized spacial score (nSPS) is 24.0. The summed E-state index contributed by atoms with van der Waals surface area (Å²) in [5, 5.41) is 3.59. The summed E-state index contributed by atoms with van der Waals surface area (Å²) < 4.78 is 5.10. The smallest absolute Gasteiger partial charge is 0.0499 e. The average molecular weight is 185 g/mol. The minimum Gasteiger partial charge on any atom is -0.384 e. The van der Waals surface area contributed by atoms with Gasteiger partial charge in [-0.15, -0.1) is 0 Å². The van der Waals surface area contributed by atoms with Gasteiger partial charge in [0.25, 0.3) is 0 Å². The number of hydrogen-bond donors (Lipinski definition) is 1. The van der Waals surface area contributed by atoms with Gasteiger partial charge in [0.2, 0.25) is 0 Å². The highest BCUT2D eigenvalue weighted by atomic mass is 16.5. The van der Waals surface area contributed by atoms with Gasteiger partial charge in [0.1, 0.15) is 0 Å². The van der Waals surface area contributed by atoms with Crippen molar-refractivity contribution in [2.45, 2.75) is 39.7 Å². The molecule has 1 saturated carbocycles. The van der Waals surface area contributed by atoms with Gasteiger partial charge in [-0.2, -0.15) is 0 Å². The van der Waals surface area contributed by atoms with E-state index in [9.17, 15) is 0 Å². The van der Waals surface area contributed by atoms with Crippen LogP contribution >= 0.6 is 0 Å². The van der Waals surface area contributed by atoms with Crippen LogP contribution in [0.3, 0.4) is 0 Å². The Morgan fingerprint density at radius 1 is 1.38 bits per heavy atom.